The molecule has 80 valence electrons. The fourth-order valence-electron chi connectivity index (χ4n) is 0.817. The number of nitrogens with two attached hydrogens (primary N) is 1. The Bertz CT molecular complexity index is 281. The molecule has 14 heavy (non-hydrogen) atoms. The first-order valence-electron chi connectivity index (χ1n) is 4.35. The van der Waals surface area contributed by atoms with Gasteiger partial charge in [-0.1, -0.05) is 0 Å². The first kappa shape index (κ1) is 11.4. The highest BCUT2D eigenvalue weighted by atomic mass is 32.1. The number of ether oxygens (including phenoxy) is 1. The quantitative estimate of drug-likeness (QED) is 0.763. The second-order valence-electron chi connectivity index (χ2n) is 3.79. The highest BCUT2D eigenvalue weighted by Gasteiger charge is 2.11. The van der Waals surface area contributed by atoms with Crippen molar-refractivity contribution in [3.05, 3.63) is 5.82 Å². The van der Waals surface area contributed by atoms with Crippen LogP contribution in [-0.2, 0) is 11.3 Å². The van der Waals surface area contributed by atoms with Gasteiger partial charge in [-0.3, -0.25) is 0 Å². The van der Waals surface area contributed by atoms with Crippen LogP contribution in [0.25, 0.3) is 0 Å². The number of nitrogens with zero attached hydrogens (tertiary/aromatic N) is 2. The molecule has 3 N–H and O–H groups in total. The van der Waals surface area contributed by atoms with E-state index in [9.17, 15) is 0 Å². The maximum Gasteiger partial charge on any atom is 0.202 e. The Hall–Kier alpha value is -0.720. The van der Waals surface area contributed by atoms with E-state index in [0.29, 0.717) is 19.0 Å². The summed E-state index contributed by atoms with van der Waals surface area (Å²) < 4.78 is 9.02. The van der Waals surface area contributed by atoms with Gasteiger partial charge in [0, 0.05) is 30.7 Å². The van der Waals surface area contributed by atoms with E-state index in [0.717, 1.165) is 5.13 Å². The monoisotopic (exact) mass is 216 g/mol. The highest BCUT2D eigenvalue weighted by Crippen LogP contribution is 2.12. The van der Waals surface area contributed by atoms with Crippen molar-refractivity contribution in [2.75, 3.05) is 19.0 Å². The molecule has 0 amide bonds. The molecule has 0 saturated heterocycles. The number of methoxy groups -OCH3 is 1. The van der Waals surface area contributed by atoms with Crippen LogP contribution in [0.1, 0.15) is 19.7 Å². The lowest BCUT2D eigenvalue weighted by molar-refractivity contribution is 0.179. The highest BCUT2D eigenvalue weighted by molar-refractivity contribution is 7.09. The van der Waals surface area contributed by atoms with Gasteiger partial charge in [0.05, 0.1) is 0 Å². The standard InChI is InChI=1S/C8H16N4OS/c1-8(2,9)5-10-7-11-6(4-13-3)12-14-7/h4-5,9H2,1-3H3,(H,10,11,12). The molecule has 0 aliphatic rings. The number of nitrogens with one attached hydrogen (secondary N) is 1. The molecule has 0 spiro atoms. The average Bonchev–Trinajstić information content (AvgIpc) is 2.49. The Morgan fingerprint density at radius 2 is 2.29 bits per heavy atom. The molecule has 0 aliphatic heterocycles. The minimum atomic E-state index is -0.243. The molecule has 1 heterocycles. The molecule has 1 aromatic rings. The molecule has 6 heteroatoms. The Balaban J connectivity index is 2.44. The van der Waals surface area contributed by atoms with Gasteiger partial charge in [0.15, 0.2) is 5.82 Å². The third kappa shape index (κ3) is 3.99. The van der Waals surface area contributed by atoms with Crippen LogP contribution in [0.15, 0.2) is 0 Å². The van der Waals surface area contributed by atoms with E-state index < -0.39 is 0 Å². The van der Waals surface area contributed by atoms with Crippen LogP contribution in [0.3, 0.4) is 0 Å². The number of rotatable bonds is 5. The van der Waals surface area contributed by atoms with Crippen LogP contribution in [0.2, 0.25) is 0 Å². The average molecular weight is 216 g/mol. The maximum absolute atomic E-state index is 5.82. The largest absolute Gasteiger partial charge is 0.377 e. The normalized spacial score (nSPS) is 11.7. The van der Waals surface area contributed by atoms with Crippen LogP contribution >= 0.6 is 11.5 Å². The lowest BCUT2D eigenvalue weighted by Gasteiger charge is -2.17. The van der Waals surface area contributed by atoms with Gasteiger partial charge in [-0.15, -0.1) is 0 Å². The summed E-state index contributed by atoms with van der Waals surface area (Å²) in [6.45, 7) is 5.03. The van der Waals surface area contributed by atoms with E-state index in [1.807, 2.05) is 13.8 Å². The van der Waals surface area contributed by atoms with Crippen LogP contribution in [-0.4, -0.2) is 28.6 Å². The Morgan fingerprint density at radius 1 is 1.57 bits per heavy atom. The number of anilines is 1. The van der Waals surface area contributed by atoms with Crippen LogP contribution in [0.5, 0.6) is 0 Å². The lowest BCUT2D eigenvalue weighted by atomic mass is 10.1. The van der Waals surface area contributed by atoms with Gasteiger partial charge in [0.25, 0.3) is 0 Å². The van der Waals surface area contributed by atoms with Crippen molar-refractivity contribution in [2.45, 2.75) is 26.0 Å². The first-order valence-corrected chi connectivity index (χ1v) is 5.13. The van der Waals surface area contributed by atoms with Gasteiger partial charge in [-0.25, -0.2) is 4.98 Å². The fraction of sp³-hybridized carbons (Fsp3) is 0.750. The molecule has 0 bridgehead atoms. The Morgan fingerprint density at radius 3 is 2.86 bits per heavy atom. The molecule has 0 radical (unpaired) electrons. The summed E-state index contributed by atoms with van der Waals surface area (Å²) in [5, 5.41) is 3.92. The predicted octanol–water partition coefficient (Wildman–Crippen LogP) is 0.834. The van der Waals surface area contributed by atoms with Crippen LogP contribution in [0, 0.1) is 0 Å². The zero-order valence-electron chi connectivity index (χ0n) is 8.70. The molecule has 0 aliphatic carbocycles. The van der Waals surface area contributed by atoms with Crippen molar-refractivity contribution in [1.29, 1.82) is 0 Å². The summed E-state index contributed by atoms with van der Waals surface area (Å²) >= 11 is 1.32. The minimum absolute atomic E-state index is 0.243. The van der Waals surface area contributed by atoms with E-state index in [2.05, 4.69) is 14.7 Å². The SMILES string of the molecule is COCc1nsc(NCC(C)(C)N)n1. The van der Waals surface area contributed by atoms with E-state index in [1.165, 1.54) is 11.5 Å². The number of aromatic nitrogens is 2. The summed E-state index contributed by atoms with van der Waals surface area (Å²) in [5.41, 5.74) is 5.58. The summed E-state index contributed by atoms with van der Waals surface area (Å²) in [5.74, 6) is 0.704. The second-order valence-corrected chi connectivity index (χ2v) is 4.54. The van der Waals surface area contributed by atoms with E-state index >= 15 is 0 Å². The van der Waals surface area contributed by atoms with Gasteiger partial charge in [0.1, 0.15) is 6.61 Å². The molecular formula is C8H16N4OS. The van der Waals surface area contributed by atoms with Crippen molar-refractivity contribution in [2.24, 2.45) is 5.73 Å². The fourth-order valence-corrected chi connectivity index (χ4v) is 1.39. The van der Waals surface area contributed by atoms with E-state index in [1.54, 1.807) is 7.11 Å². The predicted molar refractivity (Wildman–Crippen MR) is 57.4 cm³/mol. The molecule has 0 saturated carbocycles. The molecular weight excluding hydrogens is 200 g/mol. The Labute approximate surface area is 87.8 Å². The van der Waals surface area contributed by atoms with E-state index in [-0.39, 0.29) is 5.54 Å². The molecule has 0 aromatic carbocycles. The van der Waals surface area contributed by atoms with Gasteiger partial charge in [0.2, 0.25) is 5.13 Å². The van der Waals surface area contributed by atoms with Crippen molar-refractivity contribution >= 4 is 16.7 Å². The second kappa shape index (κ2) is 4.68. The lowest BCUT2D eigenvalue weighted by Crippen LogP contribution is -2.39. The van der Waals surface area contributed by atoms with Crippen molar-refractivity contribution in [1.82, 2.24) is 9.36 Å². The molecule has 1 rings (SSSR count). The van der Waals surface area contributed by atoms with Gasteiger partial charge in [-0.2, -0.15) is 4.37 Å². The van der Waals surface area contributed by atoms with Crippen molar-refractivity contribution in [3.63, 3.8) is 0 Å². The minimum Gasteiger partial charge on any atom is -0.377 e. The number of hydrogen-bond donors (Lipinski definition) is 2. The zero-order valence-corrected chi connectivity index (χ0v) is 9.52. The topological polar surface area (TPSA) is 73.1 Å². The summed E-state index contributed by atoms with van der Waals surface area (Å²) in [4.78, 5) is 4.22. The van der Waals surface area contributed by atoms with Gasteiger partial charge >= 0.3 is 0 Å². The molecule has 0 atom stereocenters. The Kier molecular flexibility index (Phi) is 3.79. The zero-order chi connectivity index (χ0) is 10.6. The van der Waals surface area contributed by atoms with Crippen molar-refractivity contribution < 1.29 is 4.74 Å². The maximum atomic E-state index is 5.82. The van der Waals surface area contributed by atoms with Gasteiger partial charge < -0.3 is 15.8 Å². The van der Waals surface area contributed by atoms with Gasteiger partial charge in [-0.05, 0) is 13.8 Å². The third-order valence-corrected chi connectivity index (χ3v) is 2.15. The number of hydrogen-bond acceptors (Lipinski definition) is 6. The smallest absolute Gasteiger partial charge is 0.202 e. The van der Waals surface area contributed by atoms with Crippen molar-refractivity contribution in [3.8, 4) is 0 Å². The summed E-state index contributed by atoms with van der Waals surface area (Å²) in [6, 6.07) is 0. The molecule has 0 unspecified atom stereocenters. The van der Waals surface area contributed by atoms with Crippen LogP contribution < -0.4 is 11.1 Å². The third-order valence-electron chi connectivity index (χ3n) is 1.44. The molecule has 5 nitrogen and oxygen atoms in total. The molecule has 1 aromatic heterocycles. The van der Waals surface area contributed by atoms with E-state index in [4.69, 9.17) is 10.5 Å². The summed E-state index contributed by atoms with van der Waals surface area (Å²) in [7, 11) is 1.62. The summed E-state index contributed by atoms with van der Waals surface area (Å²) in [6.07, 6.45) is 0. The van der Waals surface area contributed by atoms with Crippen LogP contribution in [0.4, 0.5) is 5.13 Å². The first-order chi connectivity index (χ1) is 6.51. The molecule has 0 fully saturated rings.